The van der Waals surface area contributed by atoms with Crippen LogP contribution in [0.4, 0.5) is 0 Å². The number of hydrogen-bond donors (Lipinski definition) is 0. The Morgan fingerprint density at radius 3 is 2.14 bits per heavy atom. The summed E-state index contributed by atoms with van der Waals surface area (Å²) in [5, 5.41) is 0.500. The molecule has 0 aromatic heterocycles. The molecule has 0 radical (unpaired) electrons. The van der Waals surface area contributed by atoms with Crippen molar-refractivity contribution in [2.75, 3.05) is 18.3 Å². The third kappa shape index (κ3) is 8.84. The third-order valence-electron chi connectivity index (χ3n) is 2.87. The maximum atomic E-state index is 12.5. The van der Waals surface area contributed by atoms with Crippen LogP contribution < -0.4 is 21.2 Å². The van der Waals surface area contributed by atoms with E-state index in [2.05, 4.69) is 91.5 Å². The molecule has 0 bridgehead atoms. The maximum absolute atomic E-state index is 12.5. The number of nitrogens with zero attached hydrogens (tertiary/aromatic N) is 1. The van der Waals surface area contributed by atoms with Gasteiger partial charge in [0.05, 0.1) is 0 Å². The summed E-state index contributed by atoms with van der Waals surface area (Å²) in [6.07, 6.45) is 0. The second kappa shape index (κ2) is 12.4. The summed E-state index contributed by atoms with van der Waals surface area (Å²) in [6.45, 7) is 8.68. The molecule has 0 aliphatic rings. The number of halogens is 4. The Balaban J connectivity index is 4.96. The van der Waals surface area contributed by atoms with Crippen LogP contribution in [0.25, 0.3) is 0 Å². The molecule has 2 unspecified atom stereocenters. The number of alkyl halides is 5. The first-order valence-corrected chi connectivity index (χ1v) is 16.6. The standard InChI is InChI=1S/C13H24I4NOS2/c1-9(2)12(19)18(8-16)10(6-14)11(7-15)20-21-13(3,4)17-5/h9-11H,6-8H2,1-5H3/q-1. The normalized spacial score (nSPS) is 15.3. The van der Waals surface area contributed by atoms with Gasteiger partial charge in [-0.15, -0.1) is 0 Å². The van der Waals surface area contributed by atoms with E-state index in [9.17, 15) is 4.79 Å². The molecule has 0 aromatic rings. The fourth-order valence-electron chi connectivity index (χ4n) is 1.43. The molecule has 2 nitrogen and oxygen atoms in total. The first-order chi connectivity index (χ1) is 9.73. The average molecular weight is 782 g/mol. The van der Waals surface area contributed by atoms with E-state index in [1.807, 2.05) is 35.4 Å². The molecule has 0 saturated heterocycles. The number of hydrogen-bond acceptors (Lipinski definition) is 3. The minimum absolute atomic E-state index is 0.0793. The molecule has 0 N–H and O–H groups in total. The van der Waals surface area contributed by atoms with E-state index in [-0.39, 0.29) is 33.0 Å². The summed E-state index contributed by atoms with van der Waals surface area (Å²) in [6, 6.07) is 0.331. The molecule has 0 aliphatic heterocycles. The molecule has 0 aromatic carbocycles. The molecular formula is C13H24I4NOS2-. The third-order valence-corrected chi connectivity index (χ3v) is 14.7. The van der Waals surface area contributed by atoms with Gasteiger partial charge in [0.25, 0.3) is 0 Å². The van der Waals surface area contributed by atoms with E-state index in [4.69, 9.17) is 0 Å². The summed E-state index contributed by atoms with van der Waals surface area (Å²) >= 11 is 7.45. The van der Waals surface area contributed by atoms with Crippen molar-refractivity contribution >= 4 is 95.3 Å². The van der Waals surface area contributed by atoms with Gasteiger partial charge in [-0.3, -0.25) is 0 Å². The average Bonchev–Trinajstić information content (AvgIpc) is 2.45. The summed E-state index contributed by atoms with van der Waals surface area (Å²) < 4.78 is 3.27. The molecule has 0 aliphatic carbocycles. The first kappa shape index (κ1) is 24.1. The quantitative estimate of drug-likeness (QED) is 0.147. The fraction of sp³-hybridized carbons (Fsp3) is 0.923. The zero-order chi connectivity index (χ0) is 16.6. The number of carbonyl (C=O) groups is 1. The van der Waals surface area contributed by atoms with Crippen LogP contribution in [0, 0.1) is 5.92 Å². The monoisotopic (exact) mass is 782 g/mol. The van der Waals surface area contributed by atoms with E-state index in [1.165, 1.54) is 0 Å². The van der Waals surface area contributed by atoms with Crippen molar-refractivity contribution in [2.24, 2.45) is 5.92 Å². The second-order valence-electron chi connectivity index (χ2n) is 5.23. The molecule has 128 valence electrons. The number of rotatable bonds is 10. The Hall–Kier alpha value is 3.09. The van der Waals surface area contributed by atoms with E-state index >= 15 is 0 Å². The molecule has 1 amide bonds. The molecular weight excluding hydrogens is 758 g/mol. The molecule has 2 atom stereocenters. The van der Waals surface area contributed by atoms with E-state index in [0.717, 1.165) is 13.4 Å². The van der Waals surface area contributed by atoms with E-state index < -0.39 is 0 Å². The Morgan fingerprint density at radius 1 is 1.24 bits per heavy atom. The topological polar surface area (TPSA) is 20.3 Å². The van der Waals surface area contributed by atoms with Crippen molar-refractivity contribution in [3.8, 4) is 0 Å². The van der Waals surface area contributed by atoms with E-state index in [1.54, 1.807) is 0 Å². The molecule has 0 heterocycles. The van der Waals surface area contributed by atoms with Crippen molar-refractivity contribution in [1.82, 2.24) is 4.90 Å². The fourth-order valence-corrected chi connectivity index (χ4v) is 10.8. The van der Waals surface area contributed by atoms with Crippen molar-refractivity contribution in [2.45, 2.75) is 41.7 Å². The molecule has 0 fully saturated rings. The van der Waals surface area contributed by atoms with Gasteiger partial charge in [-0.2, -0.15) is 0 Å². The van der Waals surface area contributed by atoms with Crippen LogP contribution in [-0.2, 0) is 4.79 Å². The predicted molar refractivity (Wildman–Crippen MR) is 121 cm³/mol. The number of amides is 1. The summed E-state index contributed by atoms with van der Waals surface area (Å²) in [7, 11) is 4.01. The van der Waals surface area contributed by atoms with Gasteiger partial charge in [0, 0.05) is 0 Å². The SMILES string of the molecule is C[I-]C(C)(C)SSC(CI)C(CI)N(CI)C(=O)C(C)C. The van der Waals surface area contributed by atoms with Gasteiger partial charge in [0.15, 0.2) is 0 Å². The van der Waals surface area contributed by atoms with Crippen LogP contribution in [0.5, 0.6) is 0 Å². The summed E-state index contributed by atoms with van der Waals surface area (Å²) in [4.78, 5) is 16.9. The van der Waals surface area contributed by atoms with Crippen molar-refractivity contribution < 1.29 is 26.0 Å². The van der Waals surface area contributed by atoms with Crippen molar-refractivity contribution in [3.05, 3.63) is 0 Å². The van der Waals surface area contributed by atoms with Gasteiger partial charge in [-0.05, 0) is 0 Å². The van der Waals surface area contributed by atoms with Gasteiger partial charge in [-0.1, -0.05) is 0 Å². The molecule has 21 heavy (non-hydrogen) atoms. The van der Waals surface area contributed by atoms with Crippen LogP contribution in [0.15, 0.2) is 0 Å². The van der Waals surface area contributed by atoms with Gasteiger partial charge in [0.2, 0.25) is 0 Å². The Bertz CT molecular complexity index is 319. The number of carbonyl (C=O) groups excluding carboxylic acids is 1. The molecule has 0 rings (SSSR count). The summed E-state index contributed by atoms with van der Waals surface area (Å²) in [5.41, 5.74) is 0. The van der Waals surface area contributed by atoms with Crippen LogP contribution in [0.2, 0.25) is 0 Å². The Labute approximate surface area is 189 Å². The van der Waals surface area contributed by atoms with Gasteiger partial charge in [-0.25, -0.2) is 0 Å². The zero-order valence-corrected chi connectivity index (χ0v) is 23.3. The second-order valence-corrected chi connectivity index (χ2v) is 15.2. The van der Waals surface area contributed by atoms with Crippen LogP contribution in [0.1, 0.15) is 27.7 Å². The molecule has 0 saturated carbocycles. The van der Waals surface area contributed by atoms with Crippen LogP contribution in [0.3, 0.4) is 0 Å². The minimum atomic E-state index is 0.0793. The molecule has 0 spiro atoms. The van der Waals surface area contributed by atoms with Gasteiger partial charge < -0.3 is 0 Å². The first-order valence-electron chi connectivity index (χ1n) is 6.57. The zero-order valence-electron chi connectivity index (χ0n) is 13.0. The predicted octanol–water partition coefficient (Wildman–Crippen LogP) is 2.31. The van der Waals surface area contributed by atoms with Crippen LogP contribution in [-0.4, -0.2) is 43.2 Å². The van der Waals surface area contributed by atoms with Gasteiger partial charge >= 0.3 is 192 Å². The Kier molecular flexibility index (Phi) is 14.3. The van der Waals surface area contributed by atoms with Crippen LogP contribution >= 0.6 is 89.4 Å². The Morgan fingerprint density at radius 2 is 1.81 bits per heavy atom. The van der Waals surface area contributed by atoms with E-state index in [0.29, 0.717) is 14.0 Å². The van der Waals surface area contributed by atoms with Crippen molar-refractivity contribution in [3.63, 3.8) is 0 Å². The molecule has 8 heteroatoms. The summed E-state index contributed by atoms with van der Waals surface area (Å²) in [5.74, 6) is 0.365. The van der Waals surface area contributed by atoms with Crippen molar-refractivity contribution in [1.29, 1.82) is 0 Å². The van der Waals surface area contributed by atoms with Gasteiger partial charge in [0.1, 0.15) is 0 Å².